The molecule has 2 atom stereocenters. The molecule has 0 aromatic carbocycles. The Labute approximate surface area is 175 Å². The zero-order valence-electron chi connectivity index (χ0n) is 16.9. The predicted molar refractivity (Wildman–Crippen MR) is 112 cm³/mol. The quantitative estimate of drug-likeness (QED) is 0.725. The molecule has 156 valence electrons. The summed E-state index contributed by atoms with van der Waals surface area (Å²) in [6, 6.07) is 3.41. The van der Waals surface area contributed by atoms with E-state index in [9.17, 15) is 9.59 Å². The molecule has 8 nitrogen and oxygen atoms in total. The molecule has 4 aliphatic rings. The van der Waals surface area contributed by atoms with Gasteiger partial charge in [-0.25, -0.2) is 4.98 Å². The number of aromatic nitrogens is 1. The summed E-state index contributed by atoms with van der Waals surface area (Å²) in [5, 5.41) is 5.66. The van der Waals surface area contributed by atoms with Crippen molar-refractivity contribution in [1.29, 1.82) is 0 Å². The smallest absolute Gasteiger partial charge is 0.269 e. The first-order valence-electron chi connectivity index (χ1n) is 10.4. The van der Waals surface area contributed by atoms with Crippen molar-refractivity contribution in [2.45, 2.75) is 31.0 Å². The van der Waals surface area contributed by atoms with Gasteiger partial charge in [0.15, 0.2) is 0 Å². The van der Waals surface area contributed by atoms with E-state index in [1.807, 2.05) is 6.21 Å². The number of hydrogen-bond donors (Lipinski definition) is 2. The van der Waals surface area contributed by atoms with E-state index in [4.69, 9.17) is 4.74 Å². The number of likely N-dealkylation sites (tertiary alicyclic amines) is 1. The number of nitrogens with one attached hydrogen (secondary N) is 2. The minimum Gasteiger partial charge on any atom is -0.486 e. The molecule has 5 rings (SSSR count). The Balaban J connectivity index is 1.11. The van der Waals surface area contributed by atoms with E-state index in [2.05, 4.69) is 37.7 Å². The molecular weight excluding hydrogens is 382 g/mol. The molecule has 2 amide bonds. The van der Waals surface area contributed by atoms with Gasteiger partial charge in [0.1, 0.15) is 17.5 Å². The van der Waals surface area contributed by atoms with Crippen molar-refractivity contribution in [2.24, 2.45) is 10.9 Å². The topological polar surface area (TPSA) is 95.9 Å². The normalized spacial score (nSPS) is 26.1. The van der Waals surface area contributed by atoms with Crippen LogP contribution in [-0.2, 0) is 4.79 Å². The van der Waals surface area contributed by atoms with Crippen LogP contribution in [0.5, 0.6) is 5.75 Å². The molecule has 1 saturated heterocycles. The number of aliphatic imine (C=N–C) groups is 1. The second-order valence-corrected chi connectivity index (χ2v) is 8.30. The van der Waals surface area contributed by atoms with Gasteiger partial charge in [-0.2, -0.15) is 0 Å². The van der Waals surface area contributed by atoms with Crippen LogP contribution < -0.4 is 15.4 Å². The van der Waals surface area contributed by atoms with Gasteiger partial charge < -0.3 is 15.4 Å². The molecule has 1 saturated carbocycles. The highest BCUT2D eigenvalue weighted by atomic mass is 16.5. The molecule has 0 bridgehead atoms. The number of rotatable bonds is 6. The first-order valence-corrected chi connectivity index (χ1v) is 10.4. The van der Waals surface area contributed by atoms with E-state index in [0.29, 0.717) is 17.4 Å². The number of amides is 2. The largest absolute Gasteiger partial charge is 0.486 e. The maximum absolute atomic E-state index is 12.3. The van der Waals surface area contributed by atoms with Crippen LogP contribution in [0.3, 0.4) is 0 Å². The second-order valence-electron chi connectivity index (χ2n) is 8.30. The monoisotopic (exact) mass is 407 g/mol. The van der Waals surface area contributed by atoms with E-state index in [-0.39, 0.29) is 30.0 Å². The molecule has 3 aliphatic heterocycles. The maximum Gasteiger partial charge on any atom is 0.269 e. The van der Waals surface area contributed by atoms with E-state index in [1.54, 1.807) is 25.4 Å². The number of nitrogens with zero attached hydrogens (tertiary/aromatic N) is 3. The first kappa shape index (κ1) is 19.0. The lowest BCUT2D eigenvalue weighted by molar-refractivity contribution is -0.118. The fourth-order valence-corrected chi connectivity index (χ4v) is 4.11. The molecule has 4 heterocycles. The van der Waals surface area contributed by atoms with Gasteiger partial charge in [-0.05, 0) is 42.5 Å². The molecule has 0 spiro atoms. The Bertz CT molecular complexity index is 942. The summed E-state index contributed by atoms with van der Waals surface area (Å²) in [7, 11) is 1.58. The highest BCUT2D eigenvalue weighted by molar-refractivity contribution is 5.96. The molecule has 1 aromatic heterocycles. The predicted octanol–water partition coefficient (Wildman–Crippen LogP) is 0.718. The van der Waals surface area contributed by atoms with E-state index < -0.39 is 0 Å². The zero-order valence-corrected chi connectivity index (χ0v) is 16.9. The van der Waals surface area contributed by atoms with Crippen LogP contribution >= 0.6 is 0 Å². The van der Waals surface area contributed by atoms with Gasteiger partial charge in [0.05, 0.1) is 18.3 Å². The number of fused-ring (bicyclic) bond motifs is 1. The minimum atomic E-state index is -0.213. The number of carbonyl (C=O) groups is 2. The van der Waals surface area contributed by atoms with Crippen molar-refractivity contribution in [2.75, 3.05) is 26.7 Å². The Kier molecular flexibility index (Phi) is 4.86. The van der Waals surface area contributed by atoms with E-state index in [0.717, 1.165) is 43.6 Å². The average Bonchev–Trinajstić information content (AvgIpc) is 3.56. The minimum absolute atomic E-state index is 0.0276. The lowest BCUT2D eigenvalue weighted by atomic mass is 9.93. The van der Waals surface area contributed by atoms with Crippen LogP contribution in [0.4, 0.5) is 0 Å². The highest BCUT2D eigenvalue weighted by Crippen LogP contribution is 2.38. The number of dihydropyridines is 1. The van der Waals surface area contributed by atoms with Crippen molar-refractivity contribution >= 4 is 18.0 Å². The van der Waals surface area contributed by atoms with Gasteiger partial charge in [-0.3, -0.25) is 19.5 Å². The van der Waals surface area contributed by atoms with Crippen LogP contribution in [0.1, 0.15) is 23.3 Å². The number of pyridine rings is 1. The summed E-state index contributed by atoms with van der Waals surface area (Å²) in [5.74, 6) is 0.964. The van der Waals surface area contributed by atoms with Crippen molar-refractivity contribution < 1.29 is 14.3 Å². The molecule has 0 radical (unpaired) electrons. The highest BCUT2D eigenvalue weighted by Gasteiger charge is 2.37. The Morgan fingerprint density at radius 1 is 1.30 bits per heavy atom. The van der Waals surface area contributed by atoms with Gasteiger partial charge in [-0.15, -0.1) is 0 Å². The Morgan fingerprint density at radius 2 is 2.13 bits per heavy atom. The van der Waals surface area contributed by atoms with Gasteiger partial charge in [-0.1, -0.05) is 6.08 Å². The second kappa shape index (κ2) is 7.68. The van der Waals surface area contributed by atoms with Gasteiger partial charge in [0, 0.05) is 38.5 Å². The zero-order chi connectivity index (χ0) is 20.7. The van der Waals surface area contributed by atoms with E-state index in [1.165, 1.54) is 0 Å². The first-order chi connectivity index (χ1) is 14.6. The van der Waals surface area contributed by atoms with Gasteiger partial charge >= 0.3 is 0 Å². The van der Waals surface area contributed by atoms with Crippen molar-refractivity contribution in [1.82, 2.24) is 20.5 Å². The Hall–Kier alpha value is -3.00. The third-order valence-corrected chi connectivity index (χ3v) is 5.93. The molecule has 1 aliphatic carbocycles. The number of carbonyl (C=O) groups excluding carboxylic acids is 2. The maximum atomic E-state index is 12.3. The Morgan fingerprint density at radius 3 is 2.83 bits per heavy atom. The van der Waals surface area contributed by atoms with Crippen LogP contribution in [-0.4, -0.2) is 72.8 Å². The van der Waals surface area contributed by atoms with Crippen LogP contribution in [0.2, 0.25) is 0 Å². The fraction of sp³-hybridized carbons (Fsp3) is 0.455. The summed E-state index contributed by atoms with van der Waals surface area (Å²) in [6.07, 6.45) is 10.0. The van der Waals surface area contributed by atoms with Crippen molar-refractivity contribution in [3.8, 4) is 5.75 Å². The molecule has 2 N–H and O–H groups in total. The molecule has 8 heteroatoms. The third-order valence-electron chi connectivity index (χ3n) is 5.93. The SMILES string of the molecule is CNC(=O)c1ccc(OC2CN(CC3=CC4NC(=O)C(C5CC5)=CC4N=C3)C2)cn1. The summed E-state index contributed by atoms with van der Waals surface area (Å²) in [5.41, 5.74) is 2.41. The molecule has 30 heavy (non-hydrogen) atoms. The van der Waals surface area contributed by atoms with Gasteiger partial charge in [0.25, 0.3) is 5.91 Å². The van der Waals surface area contributed by atoms with Crippen LogP contribution in [0, 0.1) is 5.92 Å². The molecule has 2 unspecified atom stereocenters. The summed E-state index contributed by atoms with van der Waals surface area (Å²) >= 11 is 0. The summed E-state index contributed by atoms with van der Waals surface area (Å²) in [4.78, 5) is 34.9. The molecular formula is C22H25N5O3. The number of hydrogen-bond acceptors (Lipinski definition) is 6. The molecule has 2 fully saturated rings. The van der Waals surface area contributed by atoms with Gasteiger partial charge in [0.2, 0.25) is 5.91 Å². The lowest BCUT2D eigenvalue weighted by Crippen LogP contribution is -2.54. The van der Waals surface area contributed by atoms with Crippen LogP contribution in [0.15, 0.2) is 46.6 Å². The standard InChI is InChI=1S/C22H25N5O3/c1-23-22(29)18-5-4-15(9-25-18)30-16-11-27(12-16)10-13-6-20-19(24-8-13)7-17(14-2-3-14)21(28)26-20/h4-9,14,16,19-20H,2-3,10-12H2,1H3,(H,23,29)(H,26,28). The summed E-state index contributed by atoms with van der Waals surface area (Å²) < 4.78 is 5.92. The lowest BCUT2D eigenvalue weighted by Gasteiger charge is -2.39. The fourth-order valence-electron chi connectivity index (χ4n) is 4.11. The third kappa shape index (κ3) is 3.87. The van der Waals surface area contributed by atoms with Crippen LogP contribution in [0.25, 0.3) is 0 Å². The summed E-state index contributed by atoms with van der Waals surface area (Å²) in [6.45, 7) is 2.42. The number of ether oxygens (including phenoxy) is 1. The van der Waals surface area contributed by atoms with Crippen molar-refractivity contribution in [3.63, 3.8) is 0 Å². The van der Waals surface area contributed by atoms with Crippen molar-refractivity contribution in [3.05, 3.63) is 47.3 Å². The average molecular weight is 407 g/mol. The van der Waals surface area contributed by atoms with E-state index >= 15 is 0 Å². The molecule has 1 aromatic rings.